The molecule has 0 aliphatic carbocycles. The highest BCUT2D eigenvalue weighted by Gasteiger charge is 2.46. The second-order valence-corrected chi connectivity index (χ2v) is 6.50. The number of likely N-dealkylation sites (N-methyl/N-ethyl adjacent to an activating group) is 1. The zero-order chi connectivity index (χ0) is 15.7. The fourth-order valence-electron chi connectivity index (χ4n) is 3.46. The van der Waals surface area contributed by atoms with Crippen molar-refractivity contribution in [2.24, 2.45) is 0 Å². The molecule has 2 saturated heterocycles. The molecule has 0 bridgehead atoms. The number of hydrogen-bond acceptors (Lipinski definition) is 2. The Labute approximate surface area is 135 Å². The van der Waals surface area contributed by atoms with Crippen LogP contribution in [-0.2, 0) is 9.59 Å². The normalized spacial score (nSPS) is 29.2. The van der Waals surface area contributed by atoms with Gasteiger partial charge in [0.05, 0.1) is 18.7 Å². The van der Waals surface area contributed by atoms with E-state index in [0.29, 0.717) is 17.1 Å². The quantitative estimate of drug-likeness (QED) is 0.685. The minimum absolute atomic E-state index is 0.0813. The highest BCUT2D eigenvalue weighted by atomic mass is 35.5. The van der Waals surface area contributed by atoms with E-state index < -0.39 is 0 Å². The summed E-state index contributed by atoms with van der Waals surface area (Å²) in [6.07, 6.45) is 0.308. The van der Waals surface area contributed by atoms with Crippen molar-refractivity contribution in [2.75, 3.05) is 37.6 Å². The zero-order valence-electron chi connectivity index (χ0n) is 12.8. The molecule has 2 heterocycles. The van der Waals surface area contributed by atoms with Gasteiger partial charge in [0.1, 0.15) is 26.2 Å². The molecule has 3 rings (SSSR count). The smallest absolute Gasteiger partial charge is 0.292 e. The van der Waals surface area contributed by atoms with Gasteiger partial charge in [0.25, 0.3) is 5.91 Å². The molecule has 0 aromatic heterocycles. The summed E-state index contributed by atoms with van der Waals surface area (Å²) in [5, 5.41) is 0.536. The van der Waals surface area contributed by atoms with Crippen LogP contribution in [-0.4, -0.2) is 50.6 Å². The molecular weight excluding hydrogens is 302 g/mol. The maximum Gasteiger partial charge on any atom is 0.292 e. The predicted molar refractivity (Wildman–Crippen MR) is 84.3 cm³/mol. The van der Waals surface area contributed by atoms with Crippen LogP contribution in [0.5, 0.6) is 0 Å². The third kappa shape index (κ3) is 2.89. The molecule has 1 atom stereocenters. The van der Waals surface area contributed by atoms with Crippen molar-refractivity contribution in [3.05, 3.63) is 29.3 Å². The number of quaternary nitrogens is 2. The van der Waals surface area contributed by atoms with Gasteiger partial charge in [-0.15, -0.1) is 0 Å². The van der Waals surface area contributed by atoms with E-state index in [0.717, 1.165) is 32.7 Å². The molecular formula is C16H22ClN3O2+2. The number of piperazine rings is 1. The number of hydrogen-bond donors (Lipinski definition) is 2. The van der Waals surface area contributed by atoms with Gasteiger partial charge in [0.2, 0.25) is 5.91 Å². The summed E-state index contributed by atoms with van der Waals surface area (Å²) in [7, 11) is 0. The molecule has 2 amide bonds. The first-order valence-corrected chi connectivity index (χ1v) is 8.28. The lowest BCUT2D eigenvalue weighted by Crippen LogP contribution is -3.29. The Morgan fingerprint density at radius 1 is 1.23 bits per heavy atom. The highest BCUT2D eigenvalue weighted by molar-refractivity contribution is 6.31. The topological polar surface area (TPSA) is 46.3 Å². The average Bonchev–Trinajstić information content (AvgIpc) is 2.82. The van der Waals surface area contributed by atoms with Crippen molar-refractivity contribution < 1.29 is 19.4 Å². The standard InChI is InChI=1S/C16H20ClN3O2/c1-2-18-6-8-19(9-7-18)14-11-15(21)20(16(14)22)13-5-3-4-12(17)10-13/h3-5,10,14H,2,6-9,11H2,1H3/p+2. The number of nitrogens with one attached hydrogen (secondary N) is 2. The summed E-state index contributed by atoms with van der Waals surface area (Å²) in [5.74, 6) is -0.197. The maximum absolute atomic E-state index is 12.7. The number of amides is 2. The van der Waals surface area contributed by atoms with E-state index in [1.54, 1.807) is 29.2 Å². The van der Waals surface area contributed by atoms with Crippen molar-refractivity contribution in [3.63, 3.8) is 0 Å². The molecule has 1 aromatic carbocycles. The zero-order valence-corrected chi connectivity index (χ0v) is 13.5. The summed E-state index contributed by atoms with van der Waals surface area (Å²) >= 11 is 5.98. The van der Waals surface area contributed by atoms with Crippen LogP contribution in [0.25, 0.3) is 0 Å². The molecule has 1 unspecified atom stereocenters. The fourth-order valence-corrected chi connectivity index (χ4v) is 3.65. The van der Waals surface area contributed by atoms with Crippen LogP contribution in [0.1, 0.15) is 13.3 Å². The van der Waals surface area contributed by atoms with Crippen molar-refractivity contribution in [2.45, 2.75) is 19.4 Å². The van der Waals surface area contributed by atoms with Gasteiger partial charge in [-0.25, -0.2) is 4.90 Å². The molecule has 2 fully saturated rings. The first-order chi connectivity index (χ1) is 10.6. The van der Waals surface area contributed by atoms with Gasteiger partial charge in [-0.1, -0.05) is 17.7 Å². The molecule has 6 heteroatoms. The lowest BCUT2D eigenvalue weighted by Gasteiger charge is -2.31. The lowest BCUT2D eigenvalue weighted by atomic mass is 10.1. The summed E-state index contributed by atoms with van der Waals surface area (Å²) in [6, 6.07) is 6.71. The van der Waals surface area contributed by atoms with Crippen molar-refractivity contribution in [1.82, 2.24) is 0 Å². The monoisotopic (exact) mass is 323 g/mol. The summed E-state index contributed by atoms with van der Waals surface area (Å²) in [5.41, 5.74) is 0.585. The van der Waals surface area contributed by atoms with Crippen LogP contribution < -0.4 is 14.7 Å². The van der Waals surface area contributed by atoms with Gasteiger partial charge in [-0.2, -0.15) is 0 Å². The molecule has 0 saturated carbocycles. The highest BCUT2D eigenvalue weighted by Crippen LogP contribution is 2.24. The molecule has 118 valence electrons. The molecule has 2 aliphatic heterocycles. The summed E-state index contributed by atoms with van der Waals surface area (Å²) in [4.78, 5) is 29.2. The number of carbonyl (C=O) groups excluding carboxylic acids is 2. The fraction of sp³-hybridized carbons (Fsp3) is 0.500. The number of halogens is 1. The van der Waals surface area contributed by atoms with E-state index in [1.807, 2.05) is 0 Å². The van der Waals surface area contributed by atoms with E-state index >= 15 is 0 Å². The van der Waals surface area contributed by atoms with Gasteiger partial charge in [-0.05, 0) is 25.1 Å². The molecule has 0 radical (unpaired) electrons. The Hall–Kier alpha value is -1.43. The van der Waals surface area contributed by atoms with Gasteiger partial charge < -0.3 is 9.80 Å². The first kappa shape index (κ1) is 15.5. The summed E-state index contributed by atoms with van der Waals surface area (Å²) < 4.78 is 0. The van der Waals surface area contributed by atoms with E-state index in [-0.39, 0.29) is 17.9 Å². The van der Waals surface area contributed by atoms with E-state index in [1.165, 1.54) is 9.80 Å². The molecule has 0 spiro atoms. The van der Waals surface area contributed by atoms with E-state index in [4.69, 9.17) is 11.6 Å². The van der Waals surface area contributed by atoms with Crippen LogP contribution in [0.15, 0.2) is 24.3 Å². The number of carbonyl (C=O) groups is 2. The van der Waals surface area contributed by atoms with Crippen LogP contribution in [0.3, 0.4) is 0 Å². The number of nitrogens with zero attached hydrogens (tertiary/aromatic N) is 1. The van der Waals surface area contributed by atoms with Gasteiger partial charge in [0.15, 0.2) is 6.04 Å². The van der Waals surface area contributed by atoms with Crippen molar-refractivity contribution in [1.29, 1.82) is 0 Å². The predicted octanol–water partition coefficient (Wildman–Crippen LogP) is -1.22. The largest absolute Gasteiger partial charge is 0.326 e. The number of rotatable bonds is 3. The minimum atomic E-state index is -0.232. The molecule has 22 heavy (non-hydrogen) atoms. The molecule has 1 aromatic rings. The van der Waals surface area contributed by atoms with Crippen molar-refractivity contribution in [3.8, 4) is 0 Å². The Balaban J connectivity index is 1.75. The average molecular weight is 324 g/mol. The number of benzene rings is 1. The SMILES string of the molecule is CC[NH+]1CC[NH+](C2CC(=O)N(c3cccc(Cl)c3)C2=O)CC1. The third-order valence-electron chi connectivity index (χ3n) is 4.81. The maximum atomic E-state index is 12.7. The Morgan fingerprint density at radius 2 is 1.95 bits per heavy atom. The number of imide groups is 1. The Bertz CT molecular complexity index is 585. The van der Waals surface area contributed by atoms with Crippen molar-refractivity contribution >= 4 is 29.1 Å². The van der Waals surface area contributed by atoms with Crippen LogP contribution in [0, 0.1) is 0 Å². The second kappa shape index (κ2) is 6.36. The Morgan fingerprint density at radius 3 is 2.59 bits per heavy atom. The molecule has 2 aliphatic rings. The van der Waals surface area contributed by atoms with Gasteiger partial charge in [-0.3, -0.25) is 9.59 Å². The van der Waals surface area contributed by atoms with E-state index in [2.05, 4.69) is 6.92 Å². The molecule has 2 N–H and O–H groups in total. The third-order valence-corrected chi connectivity index (χ3v) is 5.04. The first-order valence-electron chi connectivity index (χ1n) is 7.90. The summed E-state index contributed by atoms with van der Waals surface area (Å²) in [6.45, 7) is 7.36. The van der Waals surface area contributed by atoms with Gasteiger partial charge in [0, 0.05) is 5.02 Å². The number of anilines is 1. The van der Waals surface area contributed by atoms with Gasteiger partial charge >= 0.3 is 0 Å². The van der Waals surface area contributed by atoms with Crippen LogP contribution in [0.2, 0.25) is 5.02 Å². The Kier molecular flexibility index (Phi) is 4.47. The van der Waals surface area contributed by atoms with Crippen LogP contribution >= 0.6 is 11.6 Å². The lowest BCUT2D eigenvalue weighted by molar-refractivity contribution is -1.02. The molecule has 5 nitrogen and oxygen atoms in total. The minimum Gasteiger partial charge on any atom is -0.326 e. The van der Waals surface area contributed by atoms with E-state index in [9.17, 15) is 9.59 Å². The second-order valence-electron chi connectivity index (χ2n) is 6.07. The van der Waals surface area contributed by atoms with Crippen LogP contribution in [0.4, 0.5) is 5.69 Å².